The Morgan fingerprint density at radius 2 is 1.80 bits per heavy atom. The van der Waals surface area contributed by atoms with Crippen LogP contribution in [-0.4, -0.2) is 7.05 Å². The standard InChI is InChI=1S/C17H16BrNS/c1-11-5-3-7-13(15(11)18)16(19-2)14-8-4-6-12-9-10-20-17(12)14/h3-10,16,19H,1-2H3. The Kier molecular flexibility index (Phi) is 3.92. The predicted molar refractivity (Wildman–Crippen MR) is 91.6 cm³/mol. The Bertz CT molecular complexity index is 748. The topological polar surface area (TPSA) is 12.0 Å². The van der Waals surface area contributed by atoms with E-state index in [9.17, 15) is 0 Å². The van der Waals surface area contributed by atoms with Crippen LogP contribution in [-0.2, 0) is 0 Å². The second-order valence-electron chi connectivity index (χ2n) is 4.89. The van der Waals surface area contributed by atoms with Crippen molar-refractivity contribution in [2.24, 2.45) is 0 Å². The highest BCUT2D eigenvalue weighted by molar-refractivity contribution is 9.10. The predicted octanol–water partition coefficient (Wildman–Crippen LogP) is 5.28. The van der Waals surface area contributed by atoms with E-state index < -0.39 is 0 Å². The van der Waals surface area contributed by atoms with Crippen molar-refractivity contribution in [3.8, 4) is 0 Å². The van der Waals surface area contributed by atoms with Gasteiger partial charge >= 0.3 is 0 Å². The Labute approximate surface area is 131 Å². The van der Waals surface area contributed by atoms with Crippen LogP contribution in [0.4, 0.5) is 0 Å². The van der Waals surface area contributed by atoms with Gasteiger partial charge in [0.05, 0.1) is 6.04 Å². The smallest absolute Gasteiger partial charge is 0.0599 e. The van der Waals surface area contributed by atoms with E-state index in [1.54, 1.807) is 0 Å². The summed E-state index contributed by atoms with van der Waals surface area (Å²) in [6.45, 7) is 2.13. The van der Waals surface area contributed by atoms with E-state index in [-0.39, 0.29) is 6.04 Å². The minimum Gasteiger partial charge on any atom is -0.309 e. The van der Waals surface area contributed by atoms with Crippen molar-refractivity contribution < 1.29 is 0 Å². The molecule has 2 aromatic carbocycles. The zero-order valence-corrected chi connectivity index (χ0v) is 13.9. The summed E-state index contributed by atoms with van der Waals surface area (Å²) in [5.41, 5.74) is 3.89. The Morgan fingerprint density at radius 3 is 2.60 bits per heavy atom. The van der Waals surface area contributed by atoms with Crippen molar-refractivity contribution >= 4 is 37.4 Å². The lowest BCUT2D eigenvalue weighted by atomic mass is 9.96. The highest BCUT2D eigenvalue weighted by Gasteiger charge is 2.18. The minimum atomic E-state index is 0.201. The Morgan fingerprint density at radius 1 is 1.05 bits per heavy atom. The quantitative estimate of drug-likeness (QED) is 0.680. The molecule has 3 heteroatoms. The largest absolute Gasteiger partial charge is 0.309 e. The molecule has 0 spiro atoms. The number of aryl methyl sites for hydroxylation is 1. The number of nitrogens with one attached hydrogen (secondary N) is 1. The maximum absolute atomic E-state index is 3.74. The fourth-order valence-electron chi connectivity index (χ4n) is 2.62. The maximum atomic E-state index is 3.74. The van der Waals surface area contributed by atoms with Gasteiger partial charge in [-0.1, -0.05) is 52.3 Å². The highest BCUT2D eigenvalue weighted by Crippen LogP contribution is 2.35. The molecule has 1 atom stereocenters. The summed E-state index contributed by atoms with van der Waals surface area (Å²) in [5.74, 6) is 0. The number of hydrogen-bond donors (Lipinski definition) is 1. The monoisotopic (exact) mass is 345 g/mol. The lowest BCUT2D eigenvalue weighted by Gasteiger charge is -2.20. The van der Waals surface area contributed by atoms with Crippen LogP contribution in [0.15, 0.2) is 52.3 Å². The summed E-state index contributed by atoms with van der Waals surface area (Å²) in [5, 5.41) is 6.94. The molecule has 0 amide bonds. The van der Waals surface area contributed by atoms with E-state index >= 15 is 0 Å². The molecule has 0 aliphatic carbocycles. The van der Waals surface area contributed by atoms with Crippen molar-refractivity contribution in [3.05, 3.63) is 69.0 Å². The van der Waals surface area contributed by atoms with Gasteiger partial charge in [0.2, 0.25) is 0 Å². The number of benzene rings is 2. The third-order valence-corrected chi connectivity index (χ3v) is 5.70. The summed E-state index contributed by atoms with van der Waals surface area (Å²) < 4.78 is 2.55. The molecule has 1 heterocycles. The number of fused-ring (bicyclic) bond motifs is 1. The number of thiophene rings is 1. The van der Waals surface area contributed by atoms with Crippen molar-refractivity contribution in [1.29, 1.82) is 0 Å². The Hall–Kier alpha value is -1.16. The van der Waals surface area contributed by atoms with Crippen molar-refractivity contribution in [2.75, 3.05) is 7.05 Å². The van der Waals surface area contributed by atoms with E-state index in [0.717, 1.165) is 0 Å². The average Bonchev–Trinajstić information content (AvgIpc) is 2.93. The van der Waals surface area contributed by atoms with Gasteiger partial charge in [-0.3, -0.25) is 0 Å². The fourth-order valence-corrected chi connectivity index (χ4v) is 4.05. The van der Waals surface area contributed by atoms with Crippen LogP contribution in [0.2, 0.25) is 0 Å². The number of hydrogen-bond acceptors (Lipinski definition) is 2. The molecule has 3 aromatic rings. The zero-order chi connectivity index (χ0) is 14.1. The van der Waals surface area contributed by atoms with Crippen LogP contribution in [0.3, 0.4) is 0 Å². The van der Waals surface area contributed by atoms with Crippen molar-refractivity contribution in [3.63, 3.8) is 0 Å². The lowest BCUT2D eigenvalue weighted by Crippen LogP contribution is -2.18. The van der Waals surface area contributed by atoms with E-state index in [1.807, 2.05) is 18.4 Å². The van der Waals surface area contributed by atoms with Gasteiger partial charge in [0.1, 0.15) is 0 Å². The van der Waals surface area contributed by atoms with E-state index in [4.69, 9.17) is 0 Å². The van der Waals surface area contributed by atoms with Gasteiger partial charge < -0.3 is 5.32 Å². The molecule has 0 saturated heterocycles. The van der Waals surface area contributed by atoms with Gasteiger partial charge in [0.25, 0.3) is 0 Å². The summed E-state index contributed by atoms with van der Waals surface area (Å²) in [4.78, 5) is 0. The molecule has 1 N–H and O–H groups in total. The van der Waals surface area contributed by atoms with Gasteiger partial charge in [0.15, 0.2) is 0 Å². The van der Waals surface area contributed by atoms with Gasteiger partial charge in [0, 0.05) is 9.17 Å². The van der Waals surface area contributed by atoms with E-state index in [1.165, 1.54) is 31.2 Å². The van der Waals surface area contributed by atoms with Crippen LogP contribution in [0, 0.1) is 6.92 Å². The van der Waals surface area contributed by atoms with Crippen LogP contribution in [0.5, 0.6) is 0 Å². The molecular weight excluding hydrogens is 330 g/mol. The third kappa shape index (κ3) is 2.30. The molecule has 102 valence electrons. The molecule has 1 aromatic heterocycles. The molecule has 0 saturated carbocycles. The second-order valence-corrected chi connectivity index (χ2v) is 6.60. The summed E-state index contributed by atoms with van der Waals surface area (Å²) in [6.07, 6.45) is 0. The Balaban J connectivity index is 2.19. The van der Waals surface area contributed by atoms with Gasteiger partial charge in [-0.05, 0) is 47.5 Å². The lowest BCUT2D eigenvalue weighted by molar-refractivity contribution is 0.694. The maximum Gasteiger partial charge on any atom is 0.0599 e. The van der Waals surface area contributed by atoms with Gasteiger partial charge in [-0.2, -0.15) is 0 Å². The first-order chi connectivity index (χ1) is 9.72. The molecule has 0 radical (unpaired) electrons. The molecule has 0 aliphatic rings. The molecule has 1 nitrogen and oxygen atoms in total. The second kappa shape index (κ2) is 5.68. The summed E-state index contributed by atoms with van der Waals surface area (Å²) in [7, 11) is 2.02. The van der Waals surface area contributed by atoms with Gasteiger partial charge in [-0.25, -0.2) is 0 Å². The molecule has 0 bridgehead atoms. The molecule has 0 fully saturated rings. The molecular formula is C17H16BrNS. The zero-order valence-electron chi connectivity index (χ0n) is 11.5. The minimum absolute atomic E-state index is 0.201. The molecule has 1 unspecified atom stereocenters. The van der Waals surface area contributed by atoms with Crippen molar-refractivity contribution in [1.82, 2.24) is 5.32 Å². The highest BCUT2D eigenvalue weighted by atomic mass is 79.9. The first-order valence-corrected chi connectivity index (χ1v) is 8.28. The van der Waals surface area contributed by atoms with Gasteiger partial charge in [-0.15, -0.1) is 11.3 Å². The fraction of sp³-hybridized carbons (Fsp3) is 0.176. The summed E-state index contributed by atoms with van der Waals surface area (Å²) in [6, 6.07) is 15.3. The normalized spacial score (nSPS) is 12.8. The molecule has 20 heavy (non-hydrogen) atoms. The van der Waals surface area contributed by atoms with Crippen molar-refractivity contribution in [2.45, 2.75) is 13.0 Å². The number of rotatable bonds is 3. The average molecular weight is 346 g/mol. The SMILES string of the molecule is CNC(c1cccc(C)c1Br)c1cccc2ccsc12. The first kappa shape index (κ1) is 13.8. The van der Waals surface area contributed by atoms with Crippen LogP contribution in [0.25, 0.3) is 10.1 Å². The summed E-state index contributed by atoms with van der Waals surface area (Å²) >= 11 is 5.54. The van der Waals surface area contributed by atoms with Crippen LogP contribution >= 0.6 is 27.3 Å². The van der Waals surface area contributed by atoms with Crippen LogP contribution < -0.4 is 5.32 Å². The number of halogens is 1. The van der Waals surface area contributed by atoms with E-state index in [0.29, 0.717) is 0 Å². The van der Waals surface area contributed by atoms with Crippen LogP contribution in [0.1, 0.15) is 22.7 Å². The third-order valence-electron chi connectivity index (χ3n) is 3.64. The van der Waals surface area contributed by atoms with E-state index in [2.05, 4.69) is 76.0 Å². The molecule has 3 rings (SSSR count). The molecule has 0 aliphatic heterocycles. The first-order valence-electron chi connectivity index (χ1n) is 6.60.